The summed E-state index contributed by atoms with van der Waals surface area (Å²) < 4.78 is 17.0. The van der Waals surface area contributed by atoms with Crippen LogP contribution in [-0.4, -0.2) is 37.2 Å². The van der Waals surface area contributed by atoms with E-state index in [1.165, 1.54) is 212 Å². The van der Waals surface area contributed by atoms with Crippen molar-refractivity contribution in [2.24, 2.45) is 0 Å². The Morgan fingerprint density at radius 3 is 0.778 bits per heavy atom. The Morgan fingerprint density at radius 1 is 0.259 bits per heavy atom. The van der Waals surface area contributed by atoms with Crippen LogP contribution in [0.15, 0.2) is 85.1 Å². The summed E-state index contributed by atoms with van der Waals surface area (Å²) in [7, 11) is 0. The Morgan fingerprint density at radius 2 is 0.481 bits per heavy atom. The Hall–Kier alpha value is -3.41. The van der Waals surface area contributed by atoms with Crippen molar-refractivity contribution in [2.45, 2.75) is 361 Å². The zero-order chi connectivity index (χ0) is 58.5. The zero-order valence-corrected chi connectivity index (χ0v) is 53.8. The summed E-state index contributed by atoms with van der Waals surface area (Å²) in [6.45, 7) is 6.54. The quantitative estimate of drug-likeness (QED) is 0.0261. The number of carbonyl (C=O) groups excluding carboxylic acids is 3. The van der Waals surface area contributed by atoms with Gasteiger partial charge in [0.15, 0.2) is 6.10 Å². The van der Waals surface area contributed by atoms with E-state index in [0.29, 0.717) is 19.3 Å². The van der Waals surface area contributed by atoms with Crippen molar-refractivity contribution in [3.05, 3.63) is 85.1 Å². The number of unbranched alkanes of at least 4 members (excludes halogenated alkanes) is 39. The monoisotopic (exact) mass is 1130 g/mol. The van der Waals surface area contributed by atoms with Gasteiger partial charge in [-0.2, -0.15) is 0 Å². The van der Waals surface area contributed by atoms with Crippen LogP contribution in [0, 0.1) is 0 Å². The lowest BCUT2D eigenvalue weighted by Gasteiger charge is -2.18. The summed E-state index contributed by atoms with van der Waals surface area (Å²) in [5.41, 5.74) is 0. The first kappa shape index (κ1) is 77.6. The molecule has 0 bridgehead atoms. The molecule has 0 amide bonds. The van der Waals surface area contributed by atoms with Crippen molar-refractivity contribution < 1.29 is 28.6 Å². The van der Waals surface area contributed by atoms with Crippen LogP contribution in [0.2, 0.25) is 0 Å². The second-order valence-corrected chi connectivity index (χ2v) is 23.4. The van der Waals surface area contributed by atoms with Gasteiger partial charge in [-0.15, -0.1) is 0 Å². The van der Waals surface area contributed by atoms with E-state index in [0.717, 1.165) is 103 Å². The van der Waals surface area contributed by atoms with E-state index >= 15 is 0 Å². The molecule has 81 heavy (non-hydrogen) atoms. The average Bonchev–Trinajstić information content (AvgIpc) is 3.46. The molecule has 0 aromatic rings. The van der Waals surface area contributed by atoms with E-state index in [4.69, 9.17) is 14.2 Å². The fourth-order valence-corrected chi connectivity index (χ4v) is 10.1. The number of hydrogen-bond donors (Lipinski definition) is 0. The largest absolute Gasteiger partial charge is 0.462 e. The minimum Gasteiger partial charge on any atom is -0.462 e. The molecule has 0 aliphatic heterocycles. The Kier molecular flexibility index (Phi) is 66.2. The SMILES string of the molecule is CC/C=C\C/C=C\C/C=C\C/C=C\C/C=C\CCCCCCCCCC(=O)OC(COC(=O)CCCCCCC/C=C\CCCCCC)COC(=O)CCCCCCCCCCCCCCCCC/C=C\CCCCCCCCCC. The second kappa shape index (κ2) is 69.1. The van der Waals surface area contributed by atoms with Crippen molar-refractivity contribution in [3.63, 3.8) is 0 Å². The van der Waals surface area contributed by atoms with Gasteiger partial charge in [-0.25, -0.2) is 0 Å². The molecule has 0 aromatic heterocycles. The topological polar surface area (TPSA) is 78.9 Å². The fourth-order valence-electron chi connectivity index (χ4n) is 10.1. The predicted molar refractivity (Wildman–Crippen MR) is 353 cm³/mol. The third-order valence-electron chi connectivity index (χ3n) is 15.4. The molecular weight excluding hydrogens is 997 g/mol. The summed E-state index contributed by atoms with van der Waals surface area (Å²) in [6.07, 6.45) is 91.8. The van der Waals surface area contributed by atoms with Crippen molar-refractivity contribution in [3.8, 4) is 0 Å². The average molecular weight is 1130 g/mol. The van der Waals surface area contributed by atoms with Crippen LogP contribution in [0.25, 0.3) is 0 Å². The predicted octanol–water partition coefficient (Wildman–Crippen LogP) is 24.2. The van der Waals surface area contributed by atoms with Crippen LogP contribution >= 0.6 is 0 Å². The van der Waals surface area contributed by atoms with Gasteiger partial charge in [0.05, 0.1) is 0 Å². The van der Waals surface area contributed by atoms with Crippen molar-refractivity contribution in [1.82, 2.24) is 0 Å². The molecule has 0 radical (unpaired) electrons. The van der Waals surface area contributed by atoms with Gasteiger partial charge in [0.2, 0.25) is 0 Å². The van der Waals surface area contributed by atoms with E-state index in [-0.39, 0.29) is 31.1 Å². The third kappa shape index (κ3) is 67.3. The van der Waals surface area contributed by atoms with E-state index in [9.17, 15) is 14.4 Å². The first-order valence-electron chi connectivity index (χ1n) is 35.1. The highest BCUT2D eigenvalue weighted by atomic mass is 16.6. The van der Waals surface area contributed by atoms with Gasteiger partial charge in [-0.05, 0) is 116 Å². The number of esters is 3. The van der Waals surface area contributed by atoms with E-state index in [1.54, 1.807) is 0 Å². The van der Waals surface area contributed by atoms with Crippen molar-refractivity contribution in [2.75, 3.05) is 13.2 Å². The molecule has 1 atom stereocenters. The molecule has 0 N–H and O–H groups in total. The van der Waals surface area contributed by atoms with Crippen LogP contribution in [0.1, 0.15) is 355 Å². The van der Waals surface area contributed by atoms with Gasteiger partial charge in [0.1, 0.15) is 13.2 Å². The van der Waals surface area contributed by atoms with Gasteiger partial charge >= 0.3 is 17.9 Å². The Balaban J connectivity index is 4.28. The number of rotatable bonds is 64. The van der Waals surface area contributed by atoms with Gasteiger partial charge in [-0.1, -0.05) is 305 Å². The molecule has 0 aliphatic rings. The van der Waals surface area contributed by atoms with Crippen LogP contribution in [-0.2, 0) is 28.6 Å². The molecule has 6 nitrogen and oxygen atoms in total. The molecule has 0 heterocycles. The number of allylic oxidation sites excluding steroid dienone is 14. The zero-order valence-electron chi connectivity index (χ0n) is 53.8. The maximum absolute atomic E-state index is 12.9. The molecular formula is C75H132O6. The molecule has 0 aromatic carbocycles. The number of carbonyl (C=O) groups is 3. The van der Waals surface area contributed by atoms with Crippen LogP contribution in [0.5, 0.6) is 0 Å². The van der Waals surface area contributed by atoms with Crippen molar-refractivity contribution in [1.29, 1.82) is 0 Å². The van der Waals surface area contributed by atoms with E-state index in [2.05, 4.69) is 106 Å². The van der Waals surface area contributed by atoms with Gasteiger partial charge in [0, 0.05) is 19.3 Å². The highest BCUT2D eigenvalue weighted by molar-refractivity contribution is 5.71. The molecule has 0 saturated heterocycles. The molecule has 0 saturated carbocycles. The lowest BCUT2D eigenvalue weighted by molar-refractivity contribution is -0.167. The molecule has 0 aliphatic carbocycles. The minimum absolute atomic E-state index is 0.0814. The second-order valence-electron chi connectivity index (χ2n) is 23.4. The van der Waals surface area contributed by atoms with E-state index in [1.807, 2.05) is 0 Å². The lowest BCUT2D eigenvalue weighted by atomic mass is 10.0. The van der Waals surface area contributed by atoms with Crippen LogP contribution < -0.4 is 0 Å². The lowest BCUT2D eigenvalue weighted by Crippen LogP contribution is -2.30. The number of hydrogen-bond acceptors (Lipinski definition) is 6. The molecule has 0 fully saturated rings. The summed E-state index contributed by atoms with van der Waals surface area (Å²) in [4.78, 5) is 38.4. The Labute approximate surface area is 503 Å². The van der Waals surface area contributed by atoms with Gasteiger partial charge in [0.25, 0.3) is 0 Å². The summed E-state index contributed by atoms with van der Waals surface area (Å²) >= 11 is 0. The van der Waals surface area contributed by atoms with Crippen LogP contribution in [0.3, 0.4) is 0 Å². The molecule has 0 spiro atoms. The number of ether oxygens (including phenoxy) is 3. The van der Waals surface area contributed by atoms with Crippen molar-refractivity contribution >= 4 is 17.9 Å². The first-order valence-corrected chi connectivity index (χ1v) is 35.1. The maximum Gasteiger partial charge on any atom is 0.306 e. The molecule has 468 valence electrons. The standard InChI is InChI=1S/C75H132O6/c1-4-7-10-13-16-19-22-25-27-29-31-33-35-36-37-38-40-41-43-45-47-50-53-56-59-62-65-68-74(77)80-71-72(70-79-73(76)67-64-61-58-55-52-49-24-21-18-15-12-9-6-3)81-75(78)69-66-63-60-57-54-51-48-46-44-42-39-34-32-30-28-26-23-20-17-14-11-8-5-2/h8,11,17,20-21,24,26,28-29,31-32,34,42,44,72H,4-7,9-10,12-16,18-19,22-23,25,27,30,33,35-41,43,45-71H2,1-3H3/b11-8-,20-17-,24-21-,28-26-,31-29-,34-32-,44-42-. The van der Waals surface area contributed by atoms with E-state index < -0.39 is 6.10 Å². The Bertz CT molecular complexity index is 1530. The van der Waals surface area contributed by atoms with Gasteiger partial charge < -0.3 is 14.2 Å². The highest BCUT2D eigenvalue weighted by Crippen LogP contribution is 2.17. The fraction of sp³-hybridized carbons (Fsp3) is 0.773. The molecule has 1 unspecified atom stereocenters. The molecule has 6 heteroatoms. The summed E-state index contributed by atoms with van der Waals surface area (Å²) in [6, 6.07) is 0. The van der Waals surface area contributed by atoms with Crippen LogP contribution in [0.4, 0.5) is 0 Å². The normalized spacial score (nSPS) is 12.6. The molecule has 0 rings (SSSR count). The summed E-state index contributed by atoms with van der Waals surface area (Å²) in [5, 5.41) is 0. The van der Waals surface area contributed by atoms with Gasteiger partial charge in [-0.3, -0.25) is 14.4 Å². The third-order valence-corrected chi connectivity index (χ3v) is 15.4. The highest BCUT2D eigenvalue weighted by Gasteiger charge is 2.19. The smallest absolute Gasteiger partial charge is 0.306 e. The maximum atomic E-state index is 12.9. The summed E-state index contributed by atoms with van der Waals surface area (Å²) in [5.74, 6) is -0.885. The minimum atomic E-state index is -0.787. The first-order chi connectivity index (χ1) is 40.0.